The minimum atomic E-state index is -1.04. The van der Waals surface area contributed by atoms with Gasteiger partial charge < -0.3 is 20.5 Å². The van der Waals surface area contributed by atoms with Gasteiger partial charge in [-0.1, -0.05) is 78.9 Å². The van der Waals surface area contributed by atoms with Crippen LogP contribution in [0.2, 0.25) is 0 Å². The lowest BCUT2D eigenvalue weighted by atomic mass is 9.81. The molecule has 2 aliphatic carbocycles. The highest BCUT2D eigenvalue weighted by atomic mass is 16.5. The number of nitrogens with zero attached hydrogens (tertiary/aromatic N) is 1. The lowest BCUT2D eigenvalue weighted by Gasteiger charge is -2.29. The van der Waals surface area contributed by atoms with Gasteiger partial charge in [0.05, 0.1) is 0 Å². The summed E-state index contributed by atoms with van der Waals surface area (Å²) in [5.74, 6) is -1.20. The predicted molar refractivity (Wildman–Crippen MR) is 161 cm³/mol. The van der Waals surface area contributed by atoms with E-state index < -0.39 is 18.1 Å². The first-order chi connectivity index (χ1) is 20.4. The molecule has 1 saturated carbocycles. The second-order valence-electron chi connectivity index (χ2n) is 11.5. The van der Waals surface area contributed by atoms with Gasteiger partial charge in [0.2, 0.25) is 5.91 Å². The molecule has 5 rings (SSSR count). The molecule has 0 heterocycles. The highest BCUT2D eigenvalue weighted by molar-refractivity contribution is 5.85. The van der Waals surface area contributed by atoms with Crippen molar-refractivity contribution < 1.29 is 24.2 Å². The van der Waals surface area contributed by atoms with Gasteiger partial charge in [-0.2, -0.15) is 0 Å². The highest BCUT2D eigenvalue weighted by Crippen LogP contribution is 2.44. The van der Waals surface area contributed by atoms with Crippen molar-refractivity contribution in [3.63, 3.8) is 0 Å². The quantitative estimate of drug-likeness (QED) is 0.299. The Kier molecular flexibility index (Phi) is 9.54. The van der Waals surface area contributed by atoms with E-state index in [1.807, 2.05) is 66.5 Å². The van der Waals surface area contributed by atoms with Gasteiger partial charge in [-0.3, -0.25) is 9.69 Å². The fourth-order valence-electron chi connectivity index (χ4n) is 6.25. The van der Waals surface area contributed by atoms with E-state index in [2.05, 4.69) is 34.9 Å². The fourth-order valence-corrected chi connectivity index (χ4v) is 6.25. The normalized spacial score (nSPS) is 18.5. The first-order valence-corrected chi connectivity index (χ1v) is 14.7. The molecule has 8 nitrogen and oxygen atoms in total. The Labute approximate surface area is 247 Å². The maximum absolute atomic E-state index is 12.9. The highest BCUT2D eigenvalue weighted by Gasteiger charge is 2.31. The van der Waals surface area contributed by atoms with E-state index in [0.29, 0.717) is 25.9 Å². The number of benzene rings is 3. The minimum Gasteiger partial charge on any atom is -0.480 e. The third-order valence-electron chi connectivity index (χ3n) is 8.50. The molecule has 220 valence electrons. The van der Waals surface area contributed by atoms with Crippen LogP contribution in [-0.2, 0) is 20.9 Å². The van der Waals surface area contributed by atoms with Crippen molar-refractivity contribution in [2.75, 3.05) is 26.7 Å². The summed E-state index contributed by atoms with van der Waals surface area (Å²) in [6, 6.07) is 25.3. The number of fused-ring (bicyclic) bond motifs is 3. The molecule has 3 N–H and O–H groups in total. The number of rotatable bonds is 11. The Morgan fingerprint density at radius 3 is 2.10 bits per heavy atom. The van der Waals surface area contributed by atoms with Gasteiger partial charge in [-0.05, 0) is 66.5 Å². The molecule has 1 unspecified atom stereocenters. The molecule has 2 amide bonds. The summed E-state index contributed by atoms with van der Waals surface area (Å²) < 4.78 is 5.65. The zero-order valence-electron chi connectivity index (χ0n) is 24.0. The summed E-state index contributed by atoms with van der Waals surface area (Å²) in [6.07, 6.45) is 2.46. The van der Waals surface area contributed by atoms with Crippen LogP contribution in [0.25, 0.3) is 11.1 Å². The Morgan fingerprint density at radius 1 is 0.881 bits per heavy atom. The van der Waals surface area contributed by atoms with Gasteiger partial charge >= 0.3 is 12.1 Å². The van der Waals surface area contributed by atoms with Crippen LogP contribution in [0.5, 0.6) is 0 Å². The largest absolute Gasteiger partial charge is 0.480 e. The van der Waals surface area contributed by atoms with Gasteiger partial charge in [0.15, 0.2) is 0 Å². The topological polar surface area (TPSA) is 108 Å². The number of amides is 2. The second kappa shape index (κ2) is 13.7. The number of carboxylic acid groups (broad SMARTS) is 1. The van der Waals surface area contributed by atoms with Crippen LogP contribution in [0.15, 0.2) is 78.9 Å². The van der Waals surface area contributed by atoms with E-state index in [1.54, 1.807) is 0 Å². The maximum atomic E-state index is 12.9. The van der Waals surface area contributed by atoms with Gasteiger partial charge in [0.1, 0.15) is 12.6 Å². The van der Waals surface area contributed by atoms with E-state index in [-0.39, 0.29) is 36.8 Å². The van der Waals surface area contributed by atoms with Crippen molar-refractivity contribution in [2.24, 2.45) is 11.8 Å². The van der Waals surface area contributed by atoms with Gasteiger partial charge in [0.25, 0.3) is 0 Å². The molecule has 0 bridgehead atoms. The average molecular weight is 570 g/mol. The molecule has 8 heteroatoms. The Hall–Kier alpha value is -4.17. The van der Waals surface area contributed by atoms with E-state index >= 15 is 0 Å². The summed E-state index contributed by atoms with van der Waals surface area (Å²) in [5.41, 5.74) is 5.82. The third-order valence-corrected chi connectivity index (χ3v) is 8.50. The summed E-state index contributed by atoms with van der Waals surface area (Å²) in [6.45, 7) is 1.59. The molecule has 1 fully saturated rings. The zero-order valence-corrected chi connectivity index (χ0v) is 24.0. The standard InChI is InChI=1S/C34H39N3O5/c1-37(20-24-9-3-2-4-10-24)21-31(33(39)40)36-32(38)25-17-15-23(16-18-25)19-35-34(41)42-22-30-28-13-7-5-11-26(28)27-12-6-8-14-29(27)30/h2-14,23,25,30-31H,15-22H2,1H3,(H,35,41)(H,36,38)(H,39,40). The van der Waals surface area contributed by atoms with Crippen molar-refractivity contribution in [2.45, 2.75) is 44.2 Å². The van der Waals surface area contributed by atoms with Crippen LogP contribution < -0.4 is 10.6 Å². The molecular weight excluding hydrogens is 530 g/mol. The van der Waals surface area contributed by atoms with E-state index in [1.165, 1.54) is 22.3 Å². The fraction of sp³-hybridized carbons (Fsp3) is 0.382. The maximum Gasteiger partial charge on any atom is 0.407 e. The summed E-state index contributed by atoms with van der Waals surface area (Å²) in [7, 11) is 1.85. The van der Waals surface area contributed by atoms with Crippen LogP contribution >= 0.6 is 0 Å². The summed E-state index contributed by atoms with van der Waals surface area (Å²) in [4.78, 5) is 39.3. The molecule has 2 aliphatic rings. The number of carbonyl (C=O) groups excluding carboxylic acids is 2. The van der Waals surface area contributed by atoms with Crippen molar-refractivity contribution in [3.05, 3.63) is 95.6 Å². The summed E-state index contributed by atoms with van der Waals surface area (Å²) >= 11 is 0. The lowest BCUT2D eigenvalue weighted by molar-refractivity contribution is -0.143. The smallest absolute Gasteiger partial charge is 0.407 e. The zero-order chi connectivity index (χ0) is 29.5. The molecule has 1 atom stereocenters. The number of hydrogen-bond acceptors (Lipinski definition) is 5. The van der Waals surface area contributed by atoms with Crippen molar-refractivity contribution >= 4 is 18.0 Å². The summed E-state index contributed by atoms with van der Waals surface area (Å²) in [5, 5.41) is 15.4. The van der Waals surface area contributed by atoms with E-state index in [0.717, 1.165) is 18.4 Å². The predicted octanol–water partition coefficient (Wildman–Crippen LogP) is 5.03. The van der Waals surface area contributed by atoms with E-state index in [9.17, 15) is 19.5 Å². The van der Waals surface area contributed by atoms with E-state index in [4.69, 9.17) is 4.74 Å². The Balaban J connectivity index is 1.03. The first kappa shape index (κ1) is 29.3. The van der Waals surface area contributed by atoms with Crippen LogP contribution in [0.3, 0.4) is 0 Å². The minimum absolute atomic E-state index is 0.0184. The number of nitrogens with one attached hydrogen (secondary N) is 2. The van der Waals surface area contributed by atoms with Gasteiger partial charge in [-0.25, -0.2) is 9.59 Å². The second-order valence-corrected chi connectivity index (χ2v) is 11.5. The average Bonchev–Trinajstić information content (AvgIpc) is 3.33. The molecule has 3 aromatic carbocycles. The Morgan fingerprint density at radius 2 is 1.48 bits per heavy atom. The van der Waals surface area contributed by atoms with Crippen molar-refractivity contribution in [1.29, 1.82) is 0 Å². The number of carboxylic acids is 1. The number of alkyl carbamates (subject to hydrolysis) is 1. The molecule has 0 aliphatic heterocycles. The number of carbonyl (C=O) groups is 3. The number of aliphatic carboxylic acids is 1. The molecule has 0 spiro atoms. The molecule has 3 aromatic rings. The molecule has 0 radical (unpaired) electrons. The Bertz CT molecular complexity index is 1340. The molecule has 0 saturated heterocycles. The molecular formula is C34H39N3O5. The number of ether oxygens (including phenoxy) is 1. The van der Waals surface area contributed by atoms with Crippen molar-refractivity contribution in [3.8, 4) is 11.1 Å². The van der Waals surface area contributed by atoms with Crippen LogP contribution in [0.1, 0.15) is 48.3 Å². The van der Waals surface area contributed by atoms with Crippen LogP contribution in [-0.4, -0.2) is 60.8 Å². The number of hydrogen-bond donors (Lipinski definition) is 3. The SMILES string of the molecule is CN(Cc1ccccc1)CC(NC(=O)C1CCC(CNC(=O)OCC2c3ccccc3-c3ccccc32)CC1)C(=O)O. The first-order valence-electron chi connectivity index (χ1n) is 14.7. The van der Waals surface area contributed by atoms with Crippen LogP contribution in [0, 0.1) is 11.8 Å². The monoisotopic (exact) mass is 569 g/mol. The molecule has 0 aromatic heterocycles. The van der Waals surface area contributed by atoms with Gasteiger partial charge in [0, 0.05) is 31.5 Å². The van der Waals surface area contributed by atoms with Gasteiger partial charge in [-0.15, -0.1) is 0 Å². The van der Waals surface area contributed by atoms with Crippen molar-refractivity contribution in [1.82, 2.24) is 15.5 Å². The van der Waals surface area contributed by atoms with Crippen LogP contribution in [0.4, 0.5) is 4.79 Å². The lowest BCUT2D eigenvalue weighted by Crippen LogP contribution is -2.49. The third kappa shape index (κ3) is 7.18. The number of likely N-dealkylation sites (N-methyl/N-ethyl adjacent to an activating group) is 1. The molecule has 42 heavy (non-hydrogen) atoms.